The Morgan fingerprint density at radius 2 is 0.721 bits per heavy atom. The minimum atomic E-state index is -0.403. The second kappa shape index (κ2) is 15.6. The monoisotopic (exact) mass is 783 g/mol. The number of hydrogen-bond acceptors (Lipinski definition) is 1. The standard InChI is InChI=1S/C60H41N/c1-2-13-47(14-3-1)59-38-33-48-15-8-9-20-58(48)60(59)49-31-36-56(37-32-49)61(57-19-10-18-52(41-57)54-28-26-43-12-5-7-17-51(43)40-54)55-34-29-45(30-35-55)44-21-23-46(24-22-44)53-27-25-42-11-4-6-16-50(42)39-53/h1-41H/i29D,30D,31D,32D,34D,35D,36D,37D. The maximum Gasteiger partial charge on any atom is 0.0645 e. The van der Waals surface area contributed by atoms with E-state index in [4.69, 9.17) is 0 Å². The van der Waals surface area contributed by atoms with Crippen LogP contribution in [0.3, 0.4) is 0 Å². The van der Waals surface area contributed by atoms with E-state index >= 15 is 0 Å². The molecule has 0 fully saturated rings. The number of anilines is 3. The molecular weight excluding hydrogens is 735 g/mol. The van der Waals surface area contributed by atoms with Crippen molar-refractivity contribution in [3.05, 3.63) is 249 Å². The fourth-order valence-corrected chi connectivity index (χ4v) is 8.27. The van der Waals surface area contributed by atoms with E-state index in [9.17, 15) is 11.0 Å². The summed E-state index contributed by atoms with van der Waals surface area (Å²) in [5.74, 6) is 0. The summed E-state index contributed by atoms with van der Waals surface area (Å²) in [5.41, 5.74) is 6.31. The predicted molar refractivity (Wildman–Crippen MR) is 261 cm³/mol. The smallest absolute Gasteiger partial charge is 0.0645 e. The van der Waals surface area contributed by atoms with Crippen molar-refractivity contribution in [1.29, 1.82) is 0 Å². The molecule has 0 amide bonds. The second-order valence-electron chi connectivity index (χ2n) is 15.1. The van der Waals surface area contributed by atoms with Gasteiger partial charge in [0.2, 0.25) is 0 Å². The topological polar surface area (TPSA) is 3.24 Å². The third-order valence-electron chi connectivity index (χ3n) is 11.4. The van der Waals surface area contributed by atoms with Gasteiger partial charge in [-0.15, -0.1) is 0 Å². The van der Waals surface area contributed by atoms with Crippen molar-refractivity contribution >= 4 is 49.4 Å². The van der Waals surface area contributed by atoms with Crippen molar-refractivity contribution in [3.8, 4) is 55.6 Å². The SMILES string of the molecule is [2H]c1c([2H])c(N(c2cccc(-c3ccc4ccccc4c3)c2)c2c([2H])c([2H])c(-c3c(-c4ccccc4)ccc4ccccc34)c([2H])c2[2H])c([2H])c([2H])c1-c1ccc(-c2ccc3ccccc3c2)cc1. The molecule has 0 heterocycles. The second-order valence-corrected chi connectivity index (χ2v) is 15.1. The summed E-state index contributed by atoms with van der Waals surface area (Å²) in [4.78, 5) is 1.38. The van der Waals surface area contributed by atoms with Crippen LogP contribution in [0.2, 0.25) is 0 Å². The van der Waals surface area contributed by atoms with Crippen molar-refractivity contribution < 1.29 is 11.0 Å². The molecule has 1 nitrogen and oxygen atoms in total. The van der Waals surface area contributed by atoms with Gasteiger partial charge in [0.1, 0.15) is 0 Å². The minimum absolute atomic E-state index is 0.1000. The van der Waals surface area contributed by atoms with Crippen LogP contribution in [0.25, 0.3) is 88.0 Å². The summed E-state index contributed by atoms with van der Waals surface area (Å²) in [6, 6.07) is 61.6. The van der Waals surface area contributed by atoms with Crippen molar-refractivity contribution in [2.45, 2.75) is 0 Å². The van der Waals surface area contributed by atoms with Crippen LogP contribution in [-0.2, 0) is 0 Å². The Morgan fingerprint density at radius 1 is 0.262 bits per heavy atom. The molecule has 0 saturated heterocycles. The van der Waals surface area contributed by atoms with E-state index < -0.39 is 24.2 Å². The zero-order valence-corrected chi connectivity index (χ0v) is 33.0. The van der Waals surface area contributed by atoms with Gasteiger partial charge in [0.05, 0.1) is 11.0 Å². The maximum atomic E-state index is 9.86. The van der Waals surface area contributed by atoms with Gasteiger partial charge >= 0.3 is 0 Å². The number of nitrogens with zero attached hydrogens (tertiary/aromatic N) is 1. The minimum Gasteiger partial charge on any atom is -0.310 e. The van der Waals surface area contributed by atoms with Crippen LogP contribution in [0.15, 0.2) is 249 Å². The first-order valence-corrected chi connectivity index (χ1v) is 20.3. The number of fused-ring (bicyclic) bond motifs is 3. The summed E-state index contributed by atoms with van der Waals surface area (Å²) >= 11 is 0. The van der Waals surface area contributed by atoms with Crippen LogP contribution in [0.1, 0.15) is 11.0 Å². The van der Waals surface area contributed by atoms with E-state index in [2.05, 4.69) is 30.3 Å². The third kappa shape index (κ3) is 7.03. The fraction of sp³-hybridized carbons (Fsp3) is 0. The molecule has 0 aliphatic carbocycles. The summed E-state index contributed by atoms with van der Waals surface area (Å²) in [5, 5.41) is 5.94. The normalized spacial score (nSPS) is 13.1. The molecule has 11 rings (SSSR count). The highest BCUT2D eigenvalue weighted by Crippen LogP contribution is 2.42. The Bertz CT molecular complexity index is 3770. The van der Waals surface area contributed by atoms with Crippen LogP contribution in [0, 0.1) is 0 Å². The molecule has 0 spiro atoms. The van der Waals surface area contributed by atoms with Crippen molar-refractivity contribution in [2.24, 2.45) is 0 Å². The largest absolute Gasteiger partial charge is 0.310 e. The molecule has 0 N–H and O–H groups in total. The molecule has 0 saturated carbocycles. The van der Waals surface area contributed by atoms with Gasteiger partial charge in [-0.05, 0) is 136 Å². The number of rotatable bonds is 8. The van der Waals surface area contributed by atoms with Gasteiger partial charge in [-0.2, -0.15) is 0 Å². The summed E-state index contributed by atoms with van der Waals surface area (Å²) in [6.45, 7) is 0. The maximum absolute atomic E-state index is 9.86. The molecule has 0 bridgehead atoms. The van der Waals surface area contributed by atoms with Gasteiger partial charge in [0.15, 0.2) is 0 Å². The van der Waals surface area contributed by atoms with Crippen molar-refractivity contribution in [2.75, 3.05) is 4.90 Å². The molecule has 61 heavy (non-hydrogen) atoms. The Kier molecular flexibility index (Phi) is 7.29. The van der Waals surface area contributed by atoms with Gasteiger partial charge in [-0.25, -0.2) is 0 Å². The van der Waals surface area contributed by atoms with Gasteiger partial charge in [0.25, 0.3) is 0 Å². The first kappa shape index (κ1) is 28.4. The highest BCUT2D eigenvalue weighted by atomic mass is 15.1. The van der Waals surface area contributed by atoms with Crippen molar-refractivity contribution in [3.63, 3.8) is 0 Å². The molecule has 0 radical (unpaired) electrons. The third-order valence-corrected chi connectivity index (χ3v) is 11.4. The molecule has 1 heteroatoms. The lowest BCUT2D eigenvalue weighted by Crippen LogP contribution is -2.10. The highest BCUT2D eigenvalue weighted by molar-refractivity contribution is 6.04. The fourth-order valence-electron chi connectivity index (χ4n) is 8.27. The van der Waals surface area contributed by atoms with E-state index in [1.807, 2.05) is 152 Å². The van der Waals surface area contributed by atoms with Gasteiger partial charge in [0, 0.05) is 17.1 Å². The molecule has 11 aromatic carbocycles. The average Bonchev–Trinajstić information content (AvgIpc) is 3.39. The van der Waals surface area contributed by atoms with Crippen LogP contribution in [0.5, 0.6) is 0 Å². The Hall–Kier alpha value is -8.00. The number of benzene rings is 11. The Balaban J connectivity index is 1.12. The van der Waals surface area contributed by atoms with Gasteiger partial charge in [-0.3, -0.25) is 0 Å². The van der Waals surface area contributed by atoms with E-state index in [0.717, 1.165) is 65.7 Å². The molecular formula is C60H41N. The van der Waals surface area contributed by atoms with Crippen LogP contribution in [-0.4, -0.2) is 0 Å². The lowest BCUT2D eigenvalue weighted by Gasteiger charge is -2.27. The van der Waals surface area contributed by atoms with Crippen LogP contribution >= 0.6 is 0 Å². The van der Waals surface area contributed by atoms with Gasteiger partial charge in [-0.1, -0.05) is 200 Å². The van der Waals surface area contributed by atoms with E-state index in [1.54, 1.807) is 18.2 Å². The van der Waals surface area contributed by atoms with E-state index in [-0.39, 0.29) is 46.7 Å². The Labute approximate surface area is 368 Å². The molecule has 11 aromatic rings. The molecule has 0 unspecified atom stereocenters. The highest BCUT2D eigenvalue weighted by Gasteiger charge is 2.17. The lowest BCUT2D eigenvalue weighted by molar-refractivity contribution is 1.28. The van der Waals surface area contributed by atoms with Crippen LogP contribution in [0.4, 0.5) is 17.1 Å². The van der Waals surface area contributed by atoms with Crippen molar-refractivity contribution in [1.82, 2.24) is 0 Å². The average molecular weight is 784 g/mol. The molecule has 0 aromatic heterocycles. The van der Waals surface area contributed by atoms with Gasteiger partial charge < -0.3 is 4.90 Å². The summed E-state index contributed by atoms with van der Waals surface area (Å²) in [7, 11) is 0. The first-order valence-electron chi connectivity index (χ1n) is 24.3. The summed E-state index contributed by atoms with van der Waals surface area (Å²) < 4.78 is 77.7. The molecule has 0 aliphatic rings. The number of hydrogen-bond donors (Lipinski definition) is 0. The lowest BCUT2D eigenvalue weighted by atomic mass is 9.89. The van der Waals surface area contributed by atoms with Crippen LogP contribution < -0.4 is 4.90 Å². The van der Waals surface area contributed by atoms with E-state index in [1.165, 1.54) is 4.90 Å². The van der Waals surface area contributed by atoms with E-state index in [0.29, 0.717) is 16.8 Å². The molecule has 0 aliphatic heterocycles. The zero-order chi connectivity index (χ0) is 47.5. The predicted octanol–water partition coefficient (Wildman–Crippen LogP) is 17.0. The zero-order valence-electron chi connectivity index (χ0n) is 41.0. The Morgan fingerprint density at radius 3 is 1.36 bits per heavy atom. The molecule has 286 valence electrons. The molecule has 0 atom stereocenters. The summed E-state index contributed by atoms with van der Waals surface area (Å²) in [6.07, 6.45) is 0. The first-order chi connectivity index (χ1) is 33.6. The quantitative estimate of drug-likeness (QED) is 0.148.